The number of halogens is 1. The van der Waals surface area contributed by atoms with Crippen LogP contribution < -0.4 is 10.6 Å². The van der Waals surface area contributed by atoms with Crippen LogP contribution in [0.25, 0.3) is 10.9 Å². The Labute approximate surface area is 186 Å². The van der Waals surface area contributed by atoms with E-state index in [1.165, 1.54) is 0 Å². The second kappa shape index (κ2) is 11.1. The van der Waals surface area contributed by atoms with Crippen LogP contribution in [-0.4, -0.2) is 40.9 Å². The van der Waals surface area contributed by atoms with Crippen LogP contribution in [0.3, 0.4) is 0 Å². The molecule has 0 saturated heterocycles. The Morgan fingerprint density at radius 1 is 1.13 bits per heavy atom. The van der Waals surface area contributed by atoms with Crippen molar-refractivity contribution in [2.45, 2.75) is 25.8 Å². The van der Waals surface area contributed by atoms with Crippen LogP contribution in [0, 0.1) is 0 Å². The van der Waals surface area contributed by atoms with E-state index in [0.29, 0.717) is 23.6 Å². The smallest absolute Gasteiger partial charge is 0.253 e. The Bertz CT molecular complexity index is 1000. The molecular formula is C23H26ClN3O2S. The minimum Gasteiger partial charge on any atom is -0.361 e. The third-order valence-electron chi connectivity index (χ3n) is 4.81. The highest BCUT2D eigenvalue weighted by Crippen LogP contribution is 2.20. The number of rotatable bonds is 10. The molecule has 0 fully saturated rings. The van der Waals surface area contributed by atoms with Crippen LogP contribution in [-0.2, 0) is 11.2 Å². The van der Waals surface area contributed by atoms with Crippen molar-refractivity contribution in [1.29, 1.82) is 0 Å². The molecule has 30 heavy (non-hydrogen) atoms. The van der Waals surface area contributed by atoms with E-state index < -0.39 is 6.04 Å². The summed E-state index contributed by atoms with van der Waals surface area (Å²) in [5.41, 5.74) is 2.34. The summed E-state index contributed by atoms with van der Waals surface area (Å²) in [6, 6.07) is 14.0. The molecule has 0 bridgehead atoms. The van der Waals surface area contributed by atoms with Crippen molar-refractivity contribution in [3.05, 3.63) is 70.9 Å². The van der Waals surface area contributed by atoms with Crippen LogP contribution in [0.5, 0.6) is 0 Å². The molecule has 0 spiro atoms. The highest BCUT2D eigenvalue weighted by Gasteiger charge is 2.23. The van der Waals surface area contributed by atoms with E-state index in [9.17, 15) is 9.59 Å². The van der Waals surface area contributed by atoms with Crippen LogP contribution in [0.4, 0.5) is 0 Å². The number of H-pyrrole nitrogens is 1. The fourth-order valence-corrected chi connectivity index (χ4v) is 4.12. The maximum atomic E-state index is 12.9. The molecule has 2 aromatic carbocycles. The quantitative estimate of drug-likeness (QED) is 0.406. The molecule has 0 aliphatic heterocycles. The average Bonchev–Trinajstić information content (AvgIpc) is 3.16. The predicted octanol–water partition coefficient (Wildman–Crippen LogP) is 4.42. The van der Waals surface area contributed by atoms with Crippen molar-refractivity contribution < 1.29 is 9.59 Å². The Kier molecular flexibility index (Phi) is 8.22. The zero-order valence-electron chi connectivity index (χ0n) is 16.9. The van der Waals surface area contributed by atoms with Crippen LogP contribution >= 0.6 is 23.4 Å². The number of hydrogen-bond donors (Lipinski definition) is 3. The molecule has 1 unspecified atom stereocenters. The van der Waals surface area contributed by atoms with Gasteiger partial charge in [0.2, 0.25) is 5.91 Å². The zero-order chi connectivity index (χ0) is 21.3. The Morgan fingerprint density at radius 2 is 1.90 bits per heavy atom. The van der Waals surface area contributed by atoms with Gasteiger partial charge in [-0.2, -0.15) is 11.8 Å². The molecule has 0 radical (unpaired) electrons. The first-order valence-electron chi connectivity index (χ1n) is 10.1. The SMILES string of the molecule is CCSCCCNC(=O)C(Cc1c[nH]c2ccccc12)NC(=O)c1ccccc1Cl. The Hall–Kier alpha value is -2.44. The summed E-state index contributed by atoms with van der Waals surface area (Å²) < 4.78 is 0. The van der Waals surface area contributed by atoms with E-state index in [1.807, 2.05) is 42.2 Å². The van der Waals surface area contributed by atoms with Gasteiger partial charge in [-0.1, -0.05) is 48.9 Å². The third-order valence-corrected chi connectivity index (χ3v) is 6.12. The molecule has 1 aromatic heterocycles. The van der Waals surface area contributed by atoms with Gasteiger partial charge in [0.05, 0.1) is 10.6 Å². The molecule has 2 amide bonds. The molecule has 3 aromatic rings. The Morgan fingerprint density at radius 3 is 2.70 bits per heavy atom. The van der Waals surface area contributed by atoms with Gasteiger partial charge in [-0.05, 0) is 41.7 Å². The topological polar surface area (TPSA) is 74.0 Å². The normalized spacial score (nSPS) is 11.9. The molecule has 3 N–H and O–H groups in total. The number of nitrogens with one attached hydrogen (secondary N) is 3. The lowest BCUT2D eigenvalue weighted by Gasteiger charge is -2.19. The summed E-state index contributed by atoms with van der Waals surface area (Å²) in [5.74, 6) is 1.50. The van der Waals surface area contributed by atoms with Crippen LogP contribution in [0.2, 0.25) is 5.02 Å². The largest absolute Gasteiger partial charge is 0.361 e. The highest BCUT2D eigenvalue weighted by atomic mass is 35.5. The van der Waals surface area contributed by atoms with Crippen molar-refractivity contribution >= 4 is 46.1 Å². The lowest BCUT2D eigenvalue weighted by molar-refractivity contribution is -0.122. The minimum absolute atomic E-state index is 0.192. The molecule has 0 aliphatic carbocycles. The Balaban J connectivity index is 1.74. The van der Waals surface area contributed by atoms with Crippen LogP contribution in [0.1, 0.15) is 29.3 Å². The number of benzene rings is 2. The highest BCUT2D eigenvalue weighted by molar-refractivity contribution is 7.99. The van der Waals surface area contributed by atoms with Crippen molar-refractivity contribution in [3.63, 3.8) is 0 Å². The lowest BCUT2D eigenvalue weighted by Crippen LogP contribution is -2.48. The summed E-state index contributed by atoms with van der Waals surface area (Å²) in [7, 11) is 0. The lowest BCUT2D eigenvalue weighted by atomic mass is 10.0. The number of thioether (sulfide) groups is 1. The molecule has 1 heterocycles. The van der Waals surface area contributed by atoms with Gasteiger partial charge in [-0.15, -0.1) is 0 Å². The molecule has 5 nitrogen and oxygen atoms in total. The molecule has 0 saturated carbocycles. The van der Waals surface area contributed by atoms with Crippen molar-refractivity contribution in [1.82, 2.24) is 15.6 Å². The average molecular weight is 444 g/mol. The van der Waals surface area contributed by atoms with Gasteiger partial charge in [-0.3, -0.25) is 9.59 Å². The number of para-hydroxylation sites is 1. The van der Waals surface area contributed by atoms with Gasteiger partial charge in [0.25, 0.3) is 5.91 Å². The minimum atomic E-state index is -0.702. The fraction of sp³-hybridized carbons (Fsp3) is 0.304. The summed E-state index contributed by atoms with van der Waals surface area (Å²) in [5, 5.41) is 7.24. The number of hydrogen-bond acceptors (Lipinski definition) is 3. The number of aromatic amines is 1. The molecule has 7 heteroatoms. The summed E-state index contributed by atoms with van der Waals surface area (Å²) in [6.07, 6.45) is 3.17. The van der Waals surface area contributed by atoms with E-state index in [2.05, 4.69) is 22.5 Å². The first kappa shape index (κ1) is 22.2. The van der Waals surface area contributed by atoms with Crippen molar-refractivity contribution in [2.24, 2.45) is 0 Å². The van der Waals surface area contributed by atoms with Crippen LogP contribution in [0.15, 0.2) is 54.7 Å². The number of fused-ring (bicyclic) bond motifs is 1. The van der Waals surface area contributed by atoms with Gasteiger partial charge >= 0.3 is 0 Å². The summed E-state index contributed by atoms with van der Waals surface area (Å²) >= 11 is 8.01. The van der Waals surface area contributed by atoms with Gasteiger partial charge in [0.15, 0.2) is 0 Å². The number of aromatic nitrogens is 1. The van der Waals surface area contributed by atoms with Gasteiger partial charge in [-0.25, -0.2) is 0 Å². The van der Waals surface area contributed by atoms with E-state index in [4.69, 9.17) is 11.6 Å². The van der Waals surface area contributed by atoms with Crippen molar-refractivity contribution in [3.8, 4) is 0 Å². The molecular weight excluding hydrogens is 418 g/mol. The van der Waals surface area contributed by atoms with Gasteiger partial charge in [0.1, 0.15) is 6.04 Å². The van der Waals surface area contributed by atoms with E-state index in [-0.39, 0.29) is 11.8 Å². The number of carbonyl (C=O) groups excluding carboxylic acids is 2. The van der Waals surface area contributed by atoms with Gasteiger partial charge in [0, 0.05) is 30.1 Å². The first-order chi connectivity index (χ1) is 14.6. The second-order valence-corrected chi connectivity index (χ2v) is 8.71. The van der Waals surface area contributed by atoms with E-state index >= 15 is 0 Å². The fourth-order valence-electron chi connectivity index (χ4n) is 3.26. The maximum Gasteiger partial charge on any atom is 0.253 e. The van der Waals surface area contributed by atoms with E-state index in [1.54, 1.807) is 24.3 Å². The predicted molar refractivity (Wildman–Crippen MR) is 125 cm³/mol. The summed E-state index contributed by atoms with van der Waals surface area (Å²) in [4.78, 5) is 28.9. The maximum absolute atomic E-state index is 12.9. The third kappa shape index (κ3) is 5.80. The molecule has 3 rings (SSSR count). The van der Waals surface area contributed by atoms with E-state index in [0.717, 1.165) is 34.4 Å². The summed E-state index contributed by atoms with van der Waals surface area (Å²) in [6.45, 7) is 2.70. The zero-order valence-corrected chi connectivity index (χ0v) is 18.5. The van der Waals surface area contributed by atoms with Crippen molar-refractivity contribution in [2.75, 3.05) is 18.1 Å². The molecule has 1 atom stereocenters. The van der Waals surface area contributed by atoms with Gasteiger partial charge < -0.3 is 15.6 Å². The standard InChI is InChI=1S/C23H26ClN3O2S/c1-2-30-13-7-12-25-23(29)21(27-22(28)18-9-3-5-10-19(18)24)14-16-15-26-20-11-6-4-8-17(16)20/h3-6,8-11,15,21,26H,2,7,12-14H2,1H3,(H,25,29)(H,27,28). The molecule has 0 aliphatic rings. The monoisotopic (exact) mass is 443 g/mol. The molecule has 158 valence electrons. The number of carbonyl (C=O) groups is 2. The first-order valence-corrected chi connectivity index (χ1v) is 11.6. The number of amides is 2. The second-order valence-electron chi connectivity index (χ2n) is 6.91.